The molecule has 1 aromatic carbocycles. The molecule has 0 bridgehead atoms. The number of ether oxygens (including phenoxy) is 2. The molecule has 9 nitrogen and oxygen atoms in total. The van der Waals surface area contributed by atoms with Gasteiger partial charge in [0.05, 0.1) is 11.8 Å². The van der Waals surface area contributed by atoms with Gasteiger partial charge >= 0.3 is 5.69 Å². The maximum absolute atomic E-state index is 12.7. The van der Waals surface area contributed by atoms with Crippen LogP contribution in [0.25, 0.3) is 5.69 Å². The third kappa shape index (κ3) is 3.55. The van der Waals surface area contributed by atoms with Crippen molar-refractivity contribution in [3.8, 4) is 17.2 Å². The van der Waals surface area contributed by atoms with E-state index in [-0.39, 0.29) is 37.1 Å². The molecule has 0 unspecified atom stereocenters. The Hall–Kier alpha value is -2.81. The topological polar surface area (TPSA) is 108 Å². The summed E-state index contributed by atoms with van der Waals surface area (Å²) in [6, 6.07) is 5.25. The molecule has 144 valence electrons. The highest BCUT2D eigenvalue weighted by atomic mass is 16.7. The number of aryl methyl sites for hydroxylation is 1. The van der Waals surface area contributed by atoms with E-state index in [2.05, 4.69) is 10.4 Å². The third-order valence-corrected chi connectivity index (χ3v) is 4.97. The molecule has 4 rings (SSSR count). The molecule has 2 N–H and O–H groups in total. The molecule has 1 aliphatic carbocycles. The zero-order valence-corrected chi connectivity index (χ0v) is 15.1. The Labute approximate surface area is 155 Å². The standard InChI is InChI=1S/C18H22N4O5/c1-11-20-21(9-17(24)19-12-2-5-14(23)6-3-12)18(25)22(11)13-4-7-15-16(8-13)27-10-26-15/h4,7-8,12,14,23H,2-3,5-6,9-10H2,1H3,(H,19,24). The van der Waals surface area contributed by atoms with Gasteiger partial charge < -0.3 is 19.9 Å². The van der Waals surface area contributed by atoms with Gasteiger partial charge in [0.25, 0.3) is 0 Å². The number of aromatic nitrogens is 3. The van der Waals surface area contributed by atoms with Crippen molar-refractivity contribution in [3.63, 3.8) is 0 Å². The normalized spacial score (nSPS) is 21.3. The van der Waals surface area contributed by atoms with Gasteiger partial charge in [0.1, 0.15) is 12.4 Å². The van der Waals surface area contributed by atoms with E-state index in [1.807, 2.05) is 0 Å². The molecule has 1 amide bonds. The van der Waals surface area contributed by atoms with Gasteiger partial charge in [0.2, 0.25) is 12.7 Å². The van der Waals surface area contributed by atoms with Crippen LogP contribution in [0.2, 0.25) is 0 Å². The van der Waals surface area contributed by atoms with Crippen molar-refractivity contribution < 1.29 is 19.4 Å². The van der Waals surface area contributed by atoms with E-state index in [9.17, 15) is 14.7 Å². The molecule has 1 aliphatic heterocycles. The molecule has 1 saturated carbocycles. The Morgan fingerprint density at radius 2 is 2.00 bits per heavy atom. The average Bonchev–Trinajstić information content (AvgIpc) is 3.21. The molecular formula is C18H22N4O5. The smallest absolute Gasteiger partial charge is 0.351 e. The number of rotatable bonds is 4. The van der Waals surface area contributed by atoms with E-state index in [1.54, 1.807) is 25.1 Å². The van der Waals surface area contributed by atoms with Gasteiger partial charge in [0, 0.05) is 12.1 Å². The highest BCUT2D eigenvalue weighted by molar-refractivity contribution is 5.75. The average molecular weight is 374 g/mol. The zero-order chi connectivity index (χ0) is 19.0. The first-order valence-corrected chi connectivity index (χ1v) is 9.05. The van der Waals surface area contributed by atoms with Gasteiger partial charge in [-0.1, -0.05) is 0 Å². The molecule has 2 aromatic rings. The van der Waals surface area contributed by atoms with Gasteiger partial charge in [-0.05, 0) is 44.7 Å². The van der Waals surface area contributed by atoms with Crippen LogP contribution >= 0.6 is 0 Å². The van der Waals surface area contributed by atoms with Crippen LogP contribution in [-0.2, 0) is 11.3 Å². The predicted octanol–water partition coefficient (Wildman–Crippen LogP) is 0.491. The molecule has 9 heteroatoms. The predicted molar refractivity (Wildman–Crippen MR) is 95.1 cm³/mol. The van der Waals surface area contributed by atoms with Crippen molar-refractivity contribution in [2.24, 2.45) is 0 Å². The Kier molecular flexibility index (Phi) is 4.61. The number of nitrogens with one attached hydrogen (secondary N) is 1. The maximum atomic E-state index is 12.7. The van der Waals surface area contributed by atoms with Crippen LogP contribution in [0.1, 0.15) is 31.5 Å². The minimum atomic E-state index is -0.388. The Bertz CT molecular complexity index is 911. The summed E-state index contributed by atoms with van der Waals surface area (Å²) in [5, 5.41) is 16.7. The highest BCUT2D eigenvalue weighted by Gasteiger charge is 2.22. The largest absolute Gasteiger partial charge is 0.454 e. The Balaban J connectivity index is 1.49. The van der Waals surface area contributed by atoms with E-state index >= 15 is 0 Å². The number of benzene rings is 1. The zero-order valence-electron chi connectivity index (χ0n) is 15.1. The van der Waals surface area contributed by atoms with E-state index in [0.717, 1.165) is 17.5 Å². The summed E-state index contributed by atoms with van der Waals surface area (Å²) in [7, 11) is 0. The van der Waals surface area contributed by atoms with E-state index in [1.165, 1.54) is 4.57 Å². The van der Waals surface area contributed by atoms with Gasteiger partial charge in [0.15, 0.2) is 11.5 Å². The van der Waals surface area contributed by atoms with Gasteiger partial charge in [-0.25, -0.2) is 14.0 Å². The summed E-state index contributed by atoms with van der Waals surface area (Å²) < 4.78 is 13.2. The number of hydrogen-bond acceptors (Lipinski definition) is 6. The quantitative estimate of drug-likeness (QED) is 0.807. The van der Waals surface area contributed by atoms with Gasteiger partial charge in [-0.2, -0.15) is 5.10 Å². The number of aliphatic hydroxyl groups is 1. The van der Waals surface area contributed by atoms with Crippen molar-refractivity contribution in [2.75, 3.05) is 6.79 Å². The van der Waals surface area contributed by atoms with Gasteiger partial charge in [-0.3, -0.25) is 4.79 Å². The highest BCUT2D eigenvalue weighted by Crippen LogP contribution is 2.33. The molecule has 0 radical (unpaired) electrons. The van der Waals surface area contributed by atoms with Crippen LogP contribution < -0.4 is 20.5 Å². The summed E-state index contributed by atoms with van der Waals surface area (Å²) in [5.74, 6) is 1.43. The summed E-state index contributed by atoms with van der Waals surface area (Å²) >= 11 is 0. The minimum absolute atomic E-state index is 0.0358. The van der Waals surface area contributed by atoms with E-state index in [0.29, 0.717) is 35.9 Å². The second-order valence-electron chi connectivity index (χ2n) is 6.93. The second-order valence-corrected chi connectivity index (χ2v) is 6.93. The molecule has 1 aromatic heterocycles. The fraction of sp³-hybridized carbons (Fsp3) is 0.500. The molecule has 27 heavy (non-hydrogen) atoms. The molecule has 0 spiro atoms. The number of carbonyl (C=O) groups excluding carboxylic acids is 1. The maximum Gasteiger partial charge on any atom is 0.351 e. The van der Waals surface area contributed by atoms with Crippen molar-refractivity contribution in [1.82, 2.24) is 19.7 Å². The fourth-order valence-corrected chi connectivity index (χ4v) is 3.57. The van der Waals surface area contributed by atoms with Crippen molar-refractivity contribution in [1.29, 1.82) is 0 Å². The molecule has 0 saturated heterocycles. The summed E-state index contributed by atoms with van der Waals surface area (Å²) in [6.45, 7) is 1.73. The van der Waals surface area contributed by atoms with Crippen molar-refractivity contribution in [2.45, 2.75) is 51.3 Å². The first-order valence-electron chi connectivity index (χ1n) is 9.05. The number of carbonyl (C=O) groups is 1. The number of amides is 1. The SMILES string of the molecule is Cc1nn(CC(=O)NC2CCC(O)CC2)c(=O)n1-c1ccc2c(c1)OCO2. The van der Waals surface area contributed by atoms with Crippen molar-refractivity contribution >= 4 is 5.91 Å². The summed E-state index contributed by atoms with van der Waals surface area (Å²) in [6.07, 6.45) is 2.57. The van der Waals surface area contributed by atoms with E-state index < -0.39 is 0 Å². The summed E-state index contributed by atoms with van der Waals surface area (Å²) in [4.78, 5) is 25.0. The van der Waals surface area contributed by atoms with Crippen LogP contribution in [0.15, 0.2) is 23.0 Å². The van der Waals surface area contributed by atoms with Crippen molar-refractivity contribution in [3.05, 3.63) is 34.5 Å². The molecule has 2 aliphatic rings. The van der Waals surface area contributed by atoms with E-state index in [4.69, 9.17) is 9.47 Å². The monoisotopic (exact) mass is 374 g/mol. The lowest BCUT2D eigenvalue weighted by Gasteiger charge is -2.26. The molecule has 0 atom stereocenters. The van der Waals surface area contributed by atoms with Crippen LogP contribution in [0, 0.1) is 6.92 Å². The lowest BCUT2D eigenvalue weighted by Crippen LogP contribution is -2.41. The number of nitrogens with zero attached hydrogens (tertiary/aromatic N) is 3. The third-order valence-electron chi connectivity index (χ3n) is 4.97. The number of aliphatic hydroxyl groups excluding tert-OH is 1. The van der Waals surface area contributed by atoms with Gasteiger partial charge in [-0.15, -0.1) is 0 Å². The van der Waals surface area contributed by atoms with Crippen LogP contribution in [0.3, 0.4) is 0 Å². The number of fused-ring (bicyclic) bond motifs is 1. The Morgan fingerprint density at radius 1 is 1.26 bits per heavy atom. The van der Waals surface area contributed by atoms with Crippen LogP contribution in [-0.4, -0.2) is 44.3 Å². The first-order chi connectivity index (χ1) is 13.0. The Morgan fingerprint density at radius 3 is 2.78 bits per heavy atom. The first kappa shape index (κ1) is 17.6. The minimum Gasteiger partial charge on any atom is -0.454 e. The molecule has 2 heterocycles. The second kappa shape index (κ2) is 7.07. The van der Waals surface area contributed by atoms with Crippen LogP contribution in [0.5, 0.6) is 11.5 Å². The summed E-state index contributed by atoms with van der Waals surface area (Å²) in [5.41, 5.74) is 0.218. The molecular weight excluding hydrogens is 352 g/mol. The van der Waals surface area contributed by atoms with Crippen LogP contribution in [0.4, 0.5) is 0 Å². The lowest BCUT2D eigenvalue weighted by molar-refractivity contribution is -0.123. The molecule has 1 fully saturated rings. The lowest BCUT2D eigenvalue weighted by atomic mass is 9.93. The fourth-order valence-electron chi connectivity index (χ4n) is 3.57. The number of hydrogen-bond donors (Lipinski definition) is 2.